The summed E-state index contributed by atoms with van der Waals surface area (Å²) < 4.78 is 5.69. The lowest BCUT2D eigenvalue weighted by Gasteiger charge is -2.28. The van der Waals surface area contributed by atoms with Crippen molar-refractivity contribution in [1.82, 2.24) is 0 Å². The highest BCUT2D eigenvalue weighted by Gasteiger charge is 2.34. The van der Waals surface area contributed by atoms with E-state index in [0.29, 0.717) is 13.0 Å². The lowest BCUT2D eigenvalue weighted by atomic mass is 9.93. The molecule has 3 nitrogen and oxygen atoms in total. The third-order valence-corrected chi connectivity index (χ3v) is 4.86. The normalized spacial score (nSPS) is 25.1. The Morgan fingerprint density at radius 2 is 2.17 bits per heavy atom. The first-order valence-electron chi connectivity index (χ1n) is 6.34. The maximum atomic E-state index is 11.3. The van der Waals surface area contributed by atoms with E-state index in [9.17, 15) is 9.90 Å². The van der Waals surface area contributed by atoms with Gasteiger partial charge in [-0.15, -0.1) is 11.3 Å². The minimum absolute atomic E-state index is 0.107. The van der Waals surface area contributed by atoms with Crippen molar-refractivity contribution in [3.63, 3.8) is 0 Å². The van der Waals surface area contributed by atoms with Gasteiger partial charge in [0.2, 0.25) is 0 Å². The third kappa shape index (κ3) is 2.75. The summed E-state index contributed by atoms with van der Waals surface area (Å²) in [7, 11) is 0. The molecule has 2 rings (SSSR count). The number of carboxylic acids is 1. The molecule has 1 aliphatic heterocycles. The highest BCUT2D eigenvalue weighted by Crippen LogP contribution is 2.39. The van der Waals surface area contributed by atoms with Gasteiger partial charge in [-0.25, -0.2) is 0 Å². The SMILES string of the molecule is CC(C)(C)c1ccc(C2OCCCC2C(=O)O)s1. The summed E-state index contributed by atoms with van der Waals surface area (Å²) in [6.45, 7) is 7.16. The van der Waals surface area contributed by atoms with Crippen molar-refractivity contribution in [1.29, 1.82) is 0 Å². The number of ether oxygens (including phenoxy) is 1. The minimum atomic E-state index is -0.745. The molecule has 1 aliphatic rings. The topological polar surface area (TPSA) is 46.5 Å². The second-order valence-electron chi connectivity index (χ2n) is 5.83. The van der Waals surface area contributed by atoms with Crippen LogP contribution < -0.4 is 0 Å². The zero-order valence-corrected chi connectivity index (χ0v) is 11.9. The predicted octanol–water partition coefficient (Wildman–Crippen LogP) is 3.60. The van der Waals surface area contributed by atoms with Gasteiger partial charge in [0.25, 0.3) is 0 Å². The first kappa shape index (κ1) is 13.6. The quantitative estimate of drug-likeness (QED) is 0.891. The lowest BCUT2D eigenvalue weighted by Crippen LogP contribution is -2.28. The number of carbonyl (C=O) groups is 1. The average Bonchev–Trinajstić information content (AvgIpc) is 2.77. The van der Waals surface area contributed by atoms with Crippen molar-refractivity contribution in [2.45, 2.75) is 45.1 Å². The van der Waals surface area contributed by atoms with Gasteiger partial charge in [-0.2, -0.15) is 0 Å². The Hall–Kier alpha value is -0.870. The summed E-state index contributed by atoms with van der Waals surface area (Å²) in [5.41, 5.74) is 0.107. The maximum absolute atomic E-state index is 11.3. The standard InChI is InChI=1S/C14H20O3S/c1-14(2,3)11-7-6-10(18-11)12-9(13(15)16)5-4-8-17-12/h6-7,9,12H,4-5,8H2,1-3H3,(H,15,16). The second-order valence-corrected chi connectivity index (χ2v) is 6.95. The Morgan fingerprint density at radius 3 is 2.72 bits per heavy atom. The smallest absolute Gasteiger partial charge is 0.309 e. The van der Waals surface area contributed by atoms with Crippen LogP contribution in [0.1, 0.15) is 49.5 Å². The summed E-state index contributed by atoms with van der Waals surface area (Å²) >= 11 is 1.68. The van der Waals surface area contributed by atoms with Gasteiger partial charge in [0.05, 0.1) is 5.92 Å². The molecule has 2 unspecified atom stereocenters. The van der Waals surface area contributed by atoms with Crippen LogP contribution in [-0.2, 0) is 14.9 Å². The van der Waals surface area contributed by atoms with Crippen molar-refractivity contribution in [3.05, 3.63) is 21.9 Å². The van der Waals surface area contributed by atoms with Crippen molar-refractivity contribution in [2.75, 3.05) is 6.61 Å². The monoisotopic (exact) mass is 268 g/mol. The van der Waals surface area contributed by atoms with E-state index >= 15 is 0 Å². The number of carboxylic acid groups (broad SMARTS) is 1. The van der Waals surface area contributed by atoms with Crippen LogP contribution in [0.4, 0.5) is 0 Å². The zero-order valence-electron chi connectivity index (χ0n) is 11.1. The molecule has 1 aromatic rings. The summed E-state index contributed by atoms with van der Waals surface area (Å²) in [6, 6.07) is 4.12. The number of rotatable bonds is 2. The molecule has 0 aromatic carbocycles. The van der Waals surface area contributed by atoms with Crippen LogP contribution in [0, 0.1) is 5.92 Å². The van der Waals surface area contributed by atoms with Gasteiger partial charge in [-0.3, -0.25) is 4.79 Å². The Bertz CT molecular complexity index is 430. The van der Waals surface area contributed by atoms with Crippen LogP contribution in [0.15, 0.2) is 12.1 Å². The Labute approximate surface area is 112 Å². The Balaban J connectivity index is 2.24. The number of thiophene rings is 1. The molecule has 0 radical (unpaired) electrons. The highest BCUT2D eigenvalue weighted by atomic mass is 32.1. The summed E-state index contributed by atoms with van der Waals surface area (Å²) in [5.74, 6) is -1.14. The van der Waals surface area contributed by atoms with Crippen LogP contribution >= 0.6 is 11.3 Å². The molecule has 0 bridgehead atoms. The second kappa shape index (κ2) is 5.02. The molecule has 100 valence electrons. The first-order chi connectivity index (χ1) is 8.39. The van der Waals surface area contributed by atoms with Crippen LogP contribution in [-0.4, -0.2) is 17.7 Å². The molecule has 1 N–H and O–H groups in total. The van der Waals surface area contributed by atoms with E-state index in [1.165, 1.54) is 4.88 Å². The summed E-state index contributed by atoms with van der Waals surface area (Å²) in [5, 5.41) is 9.26. The van der Waals surface area contributed by atoms with Crippen molar-refractivity contribution < 1.29 is 14.6 Å². The number of hydrogen-bond donors (Lipinski definition) is 1. The predicted molar refractivity (Wildman–Crippen MR) is 72.1 cm³/mol. The fourth-order valence-electron chi connectivity index (χ4n) is 2.22. The summed E-state index contributed by atoms with van der Waals surface area (Å²) in [6.07, 6.45) is 1.28. The summed E-state index contributed by atoms with van der Waals surface area (Å²) in [4.78, 5) is 13.6. The largest absolute Gasteiger partial charge is 0.481 e. The Kier molecular flexibility index (Phi) is 3.78. The number of hydrogen-bond acceptors (Lipinski definition) is 3. The number of aliphatic carboxylic acids is 1. The zero-order chi connectivity index (χ0) is 13.3. The van der Waals surface area contributed by atoms with Crippen molar-refractivity contribution in [2.24, 2.45) is 5.92 Å². The molecule has 0 spiro atoms. The molecular weight excluding hydrogens is 248 g/mol. The van der Waals surface area contributed by atoms with Crippen LogP contribution in [0.2, 0.25) is 0 Å². The van der Waals surface area contributed by atoms with Crippen LogP contribution in [0.3, 0.4) is 0 Å². The van der Waals surface area contributed by atoms with Gasteiger partial charge in [0.1, 0.15) is 6.10 Å². The average molecular weight is 268 g/mol. The first-order valence-corrected chi connectivity index (χ1v) is 7.16. The van der Waals surface area contributed by atoms with Gasteiger partial charge in [-0.05, 0) is 30.4 Å². The van der Waals surface area contributed by atoms with E-state index in [2.05, 4.69) is 26.8 Å². The fourth-order valence-corrected chi connectivity index (χ4v) is 3.40. The minimum Gasteiger partial charge on any atom is -0.481 e. The van der Waals surface area contributed by atoms with Gasteiger partial charge >= 0.3 is 5.97 Å². The molecule has 2 heterocycles. The Morgan fingerprint density at radius 1 is 1.44 bits per heavy atom. The molecule has 1 saturated heterocycles. The molecule has 0 amide bonds. The van der Waals surface area contributed by atoms with Crippen LogP contribution in [0.5, 0.6) is 0 Å². The highest BCUT2D eigenvalue weighted by molar-refractivity contribution is 7.12. The van der Waals surface area contributed by atoms with Gasteiger partial charge in [0, 0.05) is 16.4 Å². The van der Waals surface area contributed by atoms with Crippen LogP contribution in [0.25, 0.3) is 0 Å². The molecule has 1 fully saturated rings. The van der Waals surface area contributed by atoms with Gasteiger partial charge < -0.3 is 9.84 Å². The van der Waals surface area contributed by atoms with E-state index in [-0.39, 0.29) is 11.5 Å². The fraction of sp³-hybridized carbons (Fsp3) is 0.643. The van der Waals surface area contributed by atoms with Crippen molar-refractivity contribution >= 4 is 17.3 Å². The molecule has 4 heteroatoms. The molecule has 0 aliphatic carbocycles. The molecule has 18 heavy (non-hydrogen) atoms. The van der Waals surface area contributed by atoms with E-state index in [0.717, 1.165) is 11.3 Å². The van der Waals surface area contributed by atoms with Gasteiger partial charge in [-0.1, -0.05) is 20.8 Å². The van der Waals surface area contributed by atoms with Gasteiger partial charge in [0.15, 0.2) is 0 Å². The third-order valence-electron chi connectivity index (χ3n) is 3.29. The molecule has 0 saturated carbocycles. The van der Waals surface area contributed by atoms with E-state index < -0.39 is 11.9 Å². The maximum Gasteiger partial charge on any atom is 0.309 e. The van der Waals surface area contributed by atoms with E-state index in [1.807, 2.05) is 6.07 Å². The van der Waals surface area contributed by atoms with E-state index in [4.69, 9.17) is 4.74 Å². The molecule has 1 aromatic heterocycles. The molecular formula is C14H20O3S. The van der Waals surface area contributed by atoms with E-state index in [1.54, 1.807) is 11.3 Å². The lowest BCUT2D eigenvalue weighted by molar-refractivity contribution is -0.151. The molecule has 2 atom stereocenters. The van der Waals surface area contributed by atoms with Crippen molar-refractivity contribution in [3.8, 4) is 0 Å².